The number of nitrogens with one attached hydrogen (secondary N) is 1. The fourth-order valence-corrected chi connectivity index (χ4v) is 4.96. The summed E-state index contributed by atoms with van der Waals surface area (Å²) in [6.07, 6.45) is 3.46. The van der Waals surface area contributed by atoms with Gasteiger partial charge >= 0.3 is 5.97 Å². The maximum Gasteiger partial charge on any atom is 0.313 e. The van der Waals surface area contributed by atoms with Crippen LogP contribution in [-0.4, -0.2) is 18.5 Å². The minimum absolute atomic E-state index is 0.355. The van der Waals surface area contributed by atoms with E-state index in [2.05, 4.69) is 18.3 Å². The fourth-order valence-electron chi connectivity index (χ4n) is 3.58. The van der Waals surface area contributed by atoms with Gasteiger partial charge in [-0.1, -0.05) is 44.2 Å². The third-order valence-corrected chi connectivity index (χ3v) is 6.29. The van der Waals surface area contributed by atoms with Crippen molar-refractivity contribution in [3.63, 3.8) is 0 Å². The molecule has 0 bridgehead atoms. The zero-order valence-electron chi connectivity index (χ0n) is 16.2. The first kappa shape index (κ1) is 20.1. The van der Waals surface area contributed by atoms with Crippen molar-refractivity contribution in [2.75, 3.05) is 11.9 Å². The molecule has 2 atom stereocenters. The van der Waals surface area contributed by atoms with Crippen LogP contribution in [0.15, 0.2) is 30.3 Å². The second-order valence-corrected chi connectivity index (χ2v) is 8.30. The first-order valence-electron chi connectivity index (χ1n) is 9.59. The molecular formula is C22H24N2O3S. The zero-order chi connectivity index (χ0) is 20.1. The van der Waals surface area contributed by atoms with Crippen LogP contribution >= 0.6 is 11.3 Å². The van der Waals surface area contributed by atoms with Crippen molar-refractivity contribution < 1.29 is 14.3 Å². The van der Waals surface area contributed by atoms with E-state index >= 15 is 0 Å². The summed E-state index contributed by atoms with van der Waals surface area (Å²) in [7, 11) is 0. The Morgan fingerprint density at radius 2 is 2.11 bits per heavy atom. The molecule has 5 nitrogen and oxygen atoms in total. The number of thiophene rings is 1. The lowest BCUT2D eigenvalue weighted by Gasteiger charge is -2.17. The van der Waals surface area contributed by atoms with Crippen LogP contribution in [0.1, 0.15) is 54.2 Å². The Morgan fingerprint density at radius 3 is 2.79 bits per heavy atom. The van der Waals surface area contributed by atoms with Gasteiger partial charge in [0.05, 0.1) is 11.5 Å². The number of fused-ring (bicyclic) bond motifs is 1. The van der Waals surface area contributed by atoms with Gasteiger partial charge in [-0.25, -0.2) is 0 Å². The van der Waals surface area contributed by atoms with Crippen LogP contribution in [0.25, 0.3) is 0 Å². The van der Waals surface area contributed by atoms with Crippen LogP contribution in [-0.2, 0) is 27.2 Å². The van der Waals surface area contributed by atoms with E-state index in [-0.39, 0.29) is 12.5 Å². The van der Waals surface area contributed by atoms with Gasteiger partial charge in [0.15, 0.2) is 6.61 Å². The van der Waals surface area contributed by atoms with Crippen LogP contribution in [0.4, 0.5) is 5.00 Å². The van der Waals surface area contributed by atoms with Gasteiger partial charge in [0, 0.05) is 4.88 Å². The number of amides is 1. The van der Waals surface area contributed by atoms with Gasteiger partial charge in [-0.3, -0.25) is 9.59 Å². The topological polar surface area (TPSA) is 79.2 Å². The van der Waals surface area contributed by atoms with Crippen LogP contribution in [0, 0.1) is 17.2 Å². The Labute approximate surface area is 169 Å². The molecule has 28 heavy (non-hydrogen) atoms. The Balaban J connectivity index is 1.62. The third-order valence-electron chi connectivity index (χ3n) is 5.12. The second-order valence-electron chi connectivity index (χ2n) is 7.20. The lowest BCUT2D eigenvalue weighted by atomic mass is 9.89. The molecule has 1 N–H and O–H groups in total. The Bertz CT molecular complexity index is 898. The number of nitriles is 1. The summed E-state index contributed by atoms with van der Waals surface area (Å²) in [6.45, 7) is 3.75. The van der Waals surface area contributed by atoms with Crippen molar-refractivity contribution in [1.82, 2.24) is 0 Å². The monoisotopic (exact) mass is 396 g/mol. The molecule has 1 amide bonds. The number of nitrogens with zero attached hydrogens (tertiary/aromatic N) is 1. The van der Waals surface area contributed by atoms with E-state index in [9.17, 15) is 14.9 Å². The van der Waals surface area contributed by atoms with Gasteiger partial charge in [0.25, 0.3) is 5.91 Å². The molecule has 0 radical (unpaired) electrons. The number of anilines is 1. The molecule has 146 valence electrons. The minimum atomic E-state index is -0.417. The Morgan fingerprint density at radius 1 is 1.36 bits per heavy atom. The highest BCUT2D eigenvalue weighted by atomic mass is 32.1. The molecule has 0 saturated heterocycles. The maximum absolute atomic E-state index is 12.4. The summed E-state index contributed by atoms with van der Waals surface area (Å²) < 4.78 is 5.25. The van der Waals surface area contributed by atoms with Crippen molar-refractivity contribution in [3.8, 4) is 6.07 Å². The average molecular weight is 397 g/mol. The van der Waals surface area contributed by atoms with Crippen molar-refractivity contribution in [2.24, 2.45) is 5.92 Å². The van der Waals surface area contributed by atoms with Gasteiger partial charge < -0.3 is 10.1 Å². The fraction of sp³-hybridized carbons (Fsp3) is 0.409. The molecule has 1 heterocycles. The van der Waals surface area contributed by atoms with Crippen molar-refractivity contribution in [1.29, 1.82) is 5.26 Å². The van der Waals surface area contributed by atoms with Crippen molar-refractivity contribution in [2.45, 2.75) is 45.4 Å². The van der Waals surface area contributed by atoms with E-state index in [4.69, 9.17) is 4.74 Å². The number of carbonyl (C=O) groups is 2. The number of esters is 1. The predicted octanol–water partition coefficient (Wildman–Crippen LogP) is 4.42. The number of ether oxygens (including phenoxy) is 1. The first-order chi connectivity index (χ1) is 13.5. The molecule has 0 spiro atoms. The van der Waals surface area contributed by atoms with E-state index in [1.165, 1.54) is 16.2 Å². The van der Waals surface area contributed by atoms with Crippen molar-refractivity contribution >= 4 is 28.2 Å². The summed E-state index contributed by atoms with van der Waals surface area (Å²) in [4.78, 5) is 25.9. The quantitative estimate of drug-likeness (QED) is 0.733. The summed E-state index contributed by atoms with van der Waals surface area (Å²) in [5.41, 5.74) is 2.50. The molecule has 1 aromatic heterocycles. The average Bonchev–Trinajstić information content (AvgIpc) is 3.03. The number of rotatable bonds is 6. The molecule has 0 fully saturated rings. The van der Waals surface area contributed by atoms with Gasteiger partial charge in [-0.2, -0.15) is 5.26 Å². The first-order valence-corrected chi connectivity index (χ1v) is 10.4. The van der Waals surface area contributed by atoms with Crippen LogP contribution in [0.5, 0.6) is 0 Å². The second kappa shape index (κ2) is 9.03. The highest BCUT2D eigenvalue weighted by Gasteiger charge is 2.25. The van der Waals surface area contributed by atoms with Gasteiger partial charge in [-0.15, -0.1) is 11.3 Å². The number of carbonyl (C=O) groups excluding carboxylic acids is 2. The molecule has 3 rings (SSSR count). The summed E-state index contributed by atoms with van der Waals surface area (Å²) in [6, 6.07) is 11.6. The lowest BCUT2D eigenvalue weighted by molar-refractivity contribution is -0.149. The molecule has 0 saturated carbocycles. The Hall–Kier alpha value is -2.65. The molecule has 0 aliphatic heterocycles. The standard InChI is InChI=1S/C22H24N2O3S/c1-3-16(15-7-5-4-6-8-15)22(26)27-13-20(25)24-21-18(12-23)17-10-9-14(2)11-19(17)28-21/h4-8,14,16H,3,9-11,13H2,1-2H3,(H,24,25). The van der Waals surface area contributed by atoms with E-state index in [1.807, 2.05) is 37.3 Å². The SMILES string of the molecule is CCC(C(=O)OCC(=O)Nc1sc2c(c1C#N)CCC(C)C2)c1ccccc1. The van der Waals surface area contributed by atoms with E-state index in [0.29, 0.717) is 22.9 Å². The van der Waals surface area contributed by atoms with E-state index in [0.717, 1.165) is 30.4 Å². The predicted molar refractivity (Wildman–Crippen MR) is 109 cm³/mol. The van der Waals surface area contributed by atoms with Crippen LogP contribution < -0.4 is 5.32 Å². The molecule has 2 unspecified atom stereocenters. The number of benzene rings is 1. The molecular weight excluding hydrogens is 372 g/mol. The lowest BCUT2D eigenvalue weighted by Crippen LogP contribution is -2.23. The zero-order valence-corrected chi connectivity index (χ0v) is 17.0. The van der Waals surface area contributed by atoms with Gasteiger partial charge in [0.1, 0.15) is 11.1 Å². The molecule has 2 aromatic rings. The number of hydrogen-bond acceptors (Lipinski definition) is 5. The van der Waals surface area contributed by atoms with Crippen LogP contribution in [0.3, 0.4) is 0 Å². The molecule has 1 aromatic carbocycles. The van der Waals surface area contributed by atoms with Crippen LogP contribution in [0.2, 0.25) is 0 Å². The van der Waals surface area contributed by atoms with Gasteiger partial charge in [-0.05, 0) is 42.7 Å². The van der Waals surface area contributed by atoms with Gasteiger partial charge in [0.2, 0.25) is 0 Å². The van der Waals surface area contributed by atoms with E-state index < -0.39 is 11.9 Å². The highest BCUT2D eigenvalue weighted by molar-refractivity contribution is 7.16. The normalized spacial score (nSPS) is 16.5. The van der Waals surface area contributed by atoms with E-state index in [1.54, 1.807) is 0 Å². The molecule has 6 heteroatoms. The summed E-state index contributed by atoms with van der Waals surface area (Å²) in [5, 5.41) is 12.8. The highest BCUT2D eigenvalue weighted by Crippen LogP contribution is 2.39. The van der Waals surface area contributed by atoms with Crippen molar-refractivity contribution in [3.05, 3.63) is 51.9 Å². The minimum Gasteiger partial charge on any atom is -0.455 e. The molecule has 1 aliphatic rings. The smallest absolute Gasteiger partial charge is 0.313 e. The molecule has 1 aliphatic carbocycles. The number of hydrogen-bond donors (Lipinski definition) is 1. The summed E-state index contributed by atoms with van der Waals surface area (Å²) >= 11 is 1.47. The third kappa shape index (κ3) is 4.42. The largest absolute Gasteiger partial charge is 0.455 e. The Kier molecular flexibility index (Phi) is 6.48. The maximum atomic E-state index is 12.4. The summed E-state index contributed by atoms with van der Waals surface area (Å²) in [5.74, 6) is -0.631.